The van der Waals surface area contributed by atoms with Crippen LogP contribution in [-0.4, -0.2) is 36.7 Å². The van der Waals surface area contributed by atoms with Crippen molar-refractivity contribution in [1.82, 2.24) is 5.32 Å². The molecule has 246 valence electrons. The standard InChI is InChI=1S/C38H33N5O5S/c1-42(2)31-19-13-26(14-20-31)25-34(41-36(44)28-11-7-4-8-12-28)37(45)39-30-17-23-33(24-18-30)49-35(27-9-5-3-6-10-27)38(46)40-29-15-21-32(22-16-29)43(47)48/h3-25,35H,1-2H3,(H,39,45)(H,40,46)(H,41,44)/b34-25-. The summed E-state index contributed by atoms with van der Waals surface area (Å²) in [5.74, 6) is -1.23. The Morgan fingerprint density at radius 1 is 0.735 bits per heavy atom. The Hall–Kier alpha value is -6.20. The third kappa shape index (κ3) is 9.43. The van der Waals surface area contributed by atoms with E-state index in [0.717, 1.165) is 21.7 Å². The number of nitrogens with zero attached hydrogens (tertiary/aromatic N) is 2. The van der Waals surface area contributed by atoms with E-state index in [1.807, 2.05) is 79.7 Å². The number of hydrogen-bond acceptors (Lipinski definition) is 7. The molecular weight excluding hydrogens is 639 g/mol. The van der Waals surface area contributed by atoms with E-state index in [9.17, 15) is 24.5 Å². The summed E-state index contributed by atoms with van der Waals surface area (Å²) in [7, 11) is 3.87. The van der Waals surface area contributed by atoms with E-state index in [2.05, 4.69) is 16.0 Å². The molecule has 5 aromatic rings. The fraction of sp³-hybridized carbons (Fsp3) is 0.0789. The number of nitro benzene ring substituents is 1. The van der Waals surface area contributed by atoms with Crippen molar-refractivity contribution in [3.8, 4) is 0 Å². The first kappa shape index (κ1) is 34.1. The molecule has 0 heterocycles. The lowest BCUT2D eigenvalue weighted by Gasteiger charge is -2.17. The number of thioether (sulfide) groups is 1. The van der Waals surface area contributed by atoms with Crippen molar-refractivity contribution in [2.75, 3.05) is 29.6 Å². The molecule has 0 spiro atoms. The maximum absolute atomic E-state index is 13.5. The fourth-order valence-electron chi connectivity index (χ4n) is 4.70. The highest BCUT2D eigenvalue weighted by Gasteiger charge is 2.23. The molecule has 0 fully saturated rings. The molecule has 3 N–H and O–H groups in total. The highest BCUT2D eigenvalue weighted by Crippen LogP contribution is 2.37. The lowest BCUT2D eigenvalue weighted by atomic mass is 10.1. The zero-order valence-corrected chi connectivity index (χ0v) is 27.5. The predicted molar refractivity (Wildman–Crippen MR) is 194 cm³/mol. The Bertz CT molecular complexity index is 1950. The zero-order chi connectivity index (χ0) is 34.8. The van der Waals surface area contributed by atoms with Gasteiger partial charge in [-0.05, 0) is 77.9 Å². The van der Waals surface area contributed by atoms with Crippen LogP contribution in [0, 0.1) is 10.1 Å². The van der Waals surface area contributed by atoms with Crippen molar-refractivity contribution < 1.29 is 19.3 Å². The van der Waals surface area contributed by atoms with Gasteiger partial charge in [-0.15, -0.1) is 11.8 Å². The Labute approximate surface area is 288 Å². The van der Waals surface area contributed by atoms with Gasteiger partial charge in [0.05, 0.1) is 4.92 Å². The molecular formula is C38H33N5O5S. The van der Waals surface area contributed by atoms with Crippen LogP contribution >= 0.6 is 11.8 Å². The van der Waals surface area contributed by atoms with Crippen molar-refractivity contribution >= 4 is 58.3 Å². The third-order valence-electron chi connectivity index (χ3n) is 7.30. The van der Waals surface area contributed by atoms with E-state index >= 15 is 0 Å². The Morgan fingerprint density at radius 3 is 1.90 bits per heavy atom. The molecule has 5 aromatic carbocycles. The van der Waals surface area contributed by atoms with Crippen LogP contribution < -0.4 is 20.9 Å². The number of nitro groups is 1. The third-order valence-corrected chi connectivity index (χ3v) is 8.57. The molecule has 0 saturated heterocycles. The molecule has 0 aliphatic heterocycles. The molecule has 11 heteroatoms. The minimum absolute atomic E-state index is 0.0666. The average Bonchev–Trinajstić information content (AvgIpc) is 3.12. The summed E-state index contributed by atoms with van der Waals surface area (Å²) in [5.41, 5.74) is 3.83. The highest BCUT2D eigenvalue weighted by atomic mass is 32.2. The lowest BCUT2D eigenvalue weighted by Crippen LogP contribution is -2.30. The van der Waals surface area contributed by atoms with Gasteiger partial charge in [-0.1, -0.05) is 60.7 Å². The summed E-state index contributed by atoms with van der Waals surface area (Å²) < 4.78 is 0. The van der Waals surface area contributed by atoms with Crippen LogP contribution in [0.25, 0.3) is 6.08 Å². The summed E-state index contributed by atoms with van der Waals surface area (Å²) in [6.07, 6.45) is 1.62. The number of anilines is 3. The van der Waals surface area contributed by atoms with Gasteiger partial charge in [0.2, 0.25) is 5.91 Å². The van der Waals surface area contributed by atoms with Crippen molar-refractivity contribution in [2.24, 2.45) is 0 Å². The Kier molecular flexibility index (Phi) is 11.2. The molecule has 0 aliphatic rings. The largest absolute Gasteiger partial charge is 0.378 e. The average molecular weight is 672 g/mol. The van der Waals surface area contributed by atoms with Crippen LogP contribution in [0.15, 0.2) is 144 Å². The summed E-state index contributed by atoms with van der Waals surface area (Å²) in [6, 6.07) is 38.2. The van der Waals surface area contributed by atoms with E-state index in [1.54, 1.807) is 54.6 Å². The van der Waals surface area contributed by atoms with Crippen LogP contribution in [0.2, 0.25) is 0 Å². The van der Waals surface area contributed by atoms with Gasteiger partial charge in [-0.2, -0.15) is 0 Å². The maximum atomic E-state index is 13.5. The van der Waals surface area contributed by atoms with Crippen LogP contribution in [0.1, 0.15) is 26.7 Å². The predicted octanol–water partition coefficient (Wildman–Crippen LogP) is 7.54. The van der Waals surface area contributed by atoms with Gasteiger partial charge >= 0.3 is 0 Å². The van der Waals surface area contributed by atoms with Crippen molar-refractivity contribution in [3.63, 3.8) is 0 Å². The minimum atomic E-state index is -0.640. The van der Waals surface area contributed by atoms with Crippen LogP contribution in [0.4, 0.5) is 22.7 Å². The smallest absolute Gasteiger partial charge is 0.272 e. The van der Waals surface area contributed by atoms with Crippen LogP contribution in [0.5, 0.6) is 0 Å². The quantitative estimate of drug-likeness (QED) is 0.0540. The summed E-state index contributed by atoms with van der Waals surface area (Å²) in [6.45, 7) is 0. The molecule has 0 bridgehead atoms. The Morgan fingerprint density at radius 2 is 1.31 bits per heavy atom. The SMILES string of the molecule is CN(C)c1ccc(/C=C(\NC(=O)c2ccccc2)C(=O)Nc2ccc(SC(C(=O)Nc3ccc([N+](=O)[O-])cc3)c3ccccc3)cc2)cc1. The molecule has 3 amide bonds. The second-order valence-electron chi connectivity index (χ2n) is 11.0. The van der Waals surface area contributed by atoms with Gasteiger partial charge in [0.15, 0.2) is 0 Å². The number of carbonyl (C=O) groups is 3. The lowest BCUT2D eigenvalue weighted by molar-refractivity contribution is -0.384. The molecule has 1 unspecified atom stereocenters. The topological polar surface area (TPSA) is 134 Å². The Balaban J connectivity index is 1.32. The summed E-state index contributed by atoms with van der Waals surface area (Å²) >= 11 is 1.32. The summed E-state index contributed by atoms with van der Waals surface area (Å²) in [4.78, 5) is 53.3. The van der Waals surface area contributed by atoms with Crippen LogP contribution in [-0.2, 0) is 9.59 Å². The molecule has 10 nitrogen and oxygen atoms in total. The number of non-ortho nitro benzene ring substituents is 1. The number of benzene rings is 5. The number of rotatable bonds is 12. The number of nitrogens with one attached hydrogen (secondary N) is 3. The highest BCUT2D eigenvalue weighted by molar-refractivity contribution is 8.00. The first-order valence-corrected chi connectivity index (χ1v) is 16.1. The van der Waals surface area contributed by atoms with Crippen molar-refractivity contribution in [2.45, 2.75) is 10.1 Å². The molecule has 0 aromatic heterocycles. The van der Waals surface area contributed by atoms with E-state index in [0.29, 0.717) is 16.9 Å². The molecule has 0 saturated carbocycles. The normalized spacial score (nSPS) is 11.6. The molecule has 49 heavy (non-hydrogen) atoms. The molecule has 1 atom stereocenters. The molecule has 0 radical (unpaired) electrons. The number of amides is 3. The monoisotopic (exact) mass is 671 g/mol. The fourth-order valence-corrected chi connectivity index (χ4v) is 5.73. The number of hydrogen-bond donors (Lipinski definition) is 3. The van der Waals surface area contributed by atoms with Crippen LogP contribution in [0.3, 0.4) is 0 Å². The van der Waals surface area contributed by atoms with Gasteiger partial charge in [-0.25, -0.2) is 0 Å². The van der Waals surface area contributed by atoms with E-state index in [1.165, 1.54) is 36.0 Å². The first-order chi connectivity index (χ1) is 23.7. The maximum Gasteiger partial charge on any atom is 0.272 e. The minimum Gasteiger partial charge on any atom is -0.378 e. The van der Waals surface area contributed by atoms with E-state index in [-0.39, 0.29) is 17.3 Å². The van der Waals surface area contributed by atoms with Gasteiger partial charge in [0.25, 0.3) is 17.5 Å². The van der Waals surface area contributed by atoms with Gasteiger partial charge in [-0.3, -0.25) is 24.5 Å². The van der Waals surface area contributed by atoms with Crippen molar-refractivity contribution in [3.05, 3.63) is 166 Å². The zero-order valence-electron chi connectivity index (χ0n) is 26.7. The van der Waals surface area contributed by atoms with Gasteiger partial charge in [0.1, 0.15) is 10.9 Å². The second kappa shape index (κ2) is 16.1. The van der Waals surface area contributed by atoms with E-state index < -0.39 is 22.0 Å². The molecule has 5 rings (SSSR count). The van der Waals surface area contributed by atoms with Gasteiger partial charge in [0, 0.05) is 53.7 Å². The summed E-state index contributed by atoms with van der Waals surface area (Å²) in [5, 5.41) is 18.8. The number of carbonyl (C=O) groups excluding carboxylic acids is 3. The molecule has 0 aliphatic carbocycles. The second-order valence-corrected chi connectivity index (χ2v) is 12.2. The van der Waals surface area contributed by atoms with E-state index in [4.69, 9.17) is 0 Å². The first-order valence-electron chi connectivity index (χ1n) is 15.2. The van der Waals surface area contributed by atoms with Crippen molar-refractivity contribution in [1.29, 1.82) is 0 Å². The van der Waals surface area contributed by atoms with Gasteiger partial charge < -0.3 is 20.9 Å².